The zero-order valence-corrected chi connectivity index (χ0v) is 22.0. The molecular weight excluding hydrogens is 496 g/mol. The molecule has 41 heavy (non-hydrogen) atoms. The zero-order valence-electron chi connectivity index (χ0n) is 26.0. The second-order valence-electron chi connectivity index (χ2n) is 10.6. The minimum atomic E-state index is -0.0734. The topological polar surface area (TPSA) is 13.1 Å². The number of furan rings is 1. The Labute approximate surface area is 242 Å². The summed E-state index contributed by atoms with van der Waals surface area (Å²) < 4.78 is 43.7. The van der Waals surface area contributed by atoms with Crippen LogP contribution in [-0.2, 0) is 0 Å². The summed E-state index contributed by atoms with van der Waals surface area (Å²) in [5.74, 6) is 0. The molecule has 1 heteroatoms. The van der Waals surface area contributed by atoms with Crippen molar-refractivity contribution in [1.82, 2.24) is 0 Å². The molecule has 0 aliphatic rings. The van der Waals surface area contributed by atoms with Gasteiger partial charge in [-0.25, -0.2) is 0 Å². The van der Waals surface area contributed by atoms with Gasteiger partial charge in [0.2, 0.25) is 0 Å². The van der Waals surface area contributed by atoms with Gasteiger partial charge in [-0.15, -0.1) is 0 Å². The maximum absolute atomic E-state index is 9.33. The molecule has 0 unspecified atom stereocenters. The van der Waals surface area contributed by atoms with Crippen molar-refractivity contribution in [3.63, 3.8) is 0 Å². The van der Waals surface area contributed by atoms with Gasteiger partial charge in [-0.05, 0) is 90.3 Å². The fourth-order valence-electron chi connectivity index (χ4n) is 6.34. The second kappa shape index (κ2) is 8.55. The maximum atomic E-state index is 9.33. The Morgan fingerprint density at radius 1 is 0.415 bits per heavy atom. The normalized spacial score (nSPS) is 13.3. The molecule has 1 aromatic heterocycles. The lowest BCUT2D eigenvalue weighted by Gasteiger charge is -2.13. The molecule has 0 fully saturated rings. The van der Waals surface area contributed by atoms with Crippen LogP contribution in [0.25, 0.3) is 87.3 Å². The van der Waals surface area contributed by atoms with Crippen molar-refractivity contribution in [3.05, 3.63) is 145 Å². The molecular formula is C40H24O. The van der Waals surface area contributed by atoms with E-state index in [9.17, 15) is 5.48 Å². The number of hydrogen-bond acceptors (Lipinski definition) is 1. The molecule has 190 valence electrons. The van der Waals surface area contributed by atoms with Gasteiger partial charge in [0.1, 0.15) is 11.2 Å². The standard InChI is InChI=1S/C40H24O/c1-2-10-29-23-37-35(24-30-11-4-5-12-31(30)36(37)22-28(29)9-1)27-18-16-26(17-19-27)32-14-7-15-38-39(32)34-21-20-25-8-3-6-13-33(25)40(34)41-38/h1-24H/i16D,17D,18D,19D. The van der Waals surface area contributed by atoms with Crippen LogP contribution in [0, 0.1) is 0 Å². The summed E-state index contributed by atoms with van der Waals surface area (Å²) in [5, 5.41) is 9.87. The highest BCUT2D eigenvalue weighted by atomic mass is 16.3. The van der Waals surface area contributed by atoms with Crippen molar-refractivity contribution in [2.75, 3.05) is 0 Å². The first-order valence-corrected chi connectivity index (χ1v) is 13.8. The van der Waals surface area contributed by atoms with Gasteiger partial charge >= 0.3 is 0 Å². The molecule has 0 saturated heterocycles. The van der Waals surface area contributed by atoms with Gasteiger partial charge < -0.3 is 4.42 Å². The lowest BCUT2D eigenvalue weighted by Crippen LogP contribution is -1.87. The Balaban J connectivity index is 1.36. The second-order valence-corrected chi connectivity index (χ2v) is 10.6. The third kappa shape index (κ3) is 3.36. The highest BCUT2D eigenvalue weighted by Crippen LogP contribution is 2.41. The van der Waals surface area contributed by atoms with Crippen molar-refractivity contribution < 1.29 is 9.90 Å². The van der Waals surface area contributed by atoms with E-state index in [2.05, 4.69) is 36.4 Å². The number of benzene rings is 8. The molecule has 9 rings (SSSR count). The predicted octanol–water partition coefficient (Wildman–Crippen LogP) is 11.5. The molecule has 0 aliphatic carbocycles. The Hall–Kier alpha value is -5.40. The predicted molar refractivity (Wildman–Crippen MR) is 175 cm³/mol. The van der Waals surface area contributed by atoms with E-state index in [1.807, 2.05) is 84.9 Å². The first-order valence-electron chi connectivity index (χ1n) is 15.8. The zero-order chi connectivity index (χ0) is 30.4. The molecule has 0 atom stereocenters. The quantitative estimate of drug-likeness (QED) is 0.162. The average molecular weight is 525 g/mol. The fourth-order valence-corrected chi connectivity index (χ4v) is 6.34. The summed E-state index contributed by atoms with van der Waals surface area (Å²) in [6.07, 6.45) is 0. The lowest BCUT2D eigenvalue weighted by molar-refractivity contribution is 0.673. The largest absolute Gasteiger partial charge is 0.455 e. The maximum Gasteiger partial charge on any atom is 0.143 e. The van der Waals surface area contributed by atoms with Crippen molar-refractivity contribution in [1.29, 1.82) is 0 Å². The Morgan fingerprint density at radius 3 is 1.83 bits per heavy atom. The molecule has 1 heterocycles. The molecule has 8 aromatic carbocycles. The first kappa shape index (κ1) is 18.8. The Morgan fingerprint density at radius 2 is 1.05 bits per heavy atom. The average Bonchev–Trinajstić information content (AvgIpc) is 3.47. The van der Waals surface area contributed by atoms with Gasteiger partial charge in [0.25, 0.3) is 0 Å². The monoisotopic (exact) mass is 524 g/mol. The third-order valence-electron chi connectivity index (χ3n) is 8.28. The minimum Gasteiger partial charge on any atom is -0.455 e. The molecule has 9 aromatic rings. The molecule has 1 nitrogen and oxygen atoms in total. The molecule has 0 amide bonds. The van der Waals surface area contributed by atoms with Crippen LogP contribution >= 0.6 is 0 Å². The summed E-state index contributed by atoms with van der Waals surface area (Å²) in [6.45, 7) is 0. The van der Waals surface area contributed by atoms with E-state index >= 15 is 0 Å². The van der Waals surface area contributed by atoms with Crippen LogP contribution in [0.5, 0.6) is 0 Å². The minimum absolute atomic E-state index is 0.0639. The smallest absolute Gasteiger partial charge is 0.143 e. The van der Waals surface area contributed by atoms with Crippen LogP contribution in [0.2, 0.25) is 0 Å². The highest BCUT2D eigenvalue weighted by molar-refractivity contribution is 6.20. The van der Waals surface area contributed by atoms with Crippen LogP contribution < -0.4 is 0 Å². The van der Waals surface area contributed by atoms with Gasteiger partial charge in [-0.1, -0.05) is 115 Å². The van der Waals surface area contributed by atoms with E-state index < -0.39 is 0 Å². The van der Waals surface area contributed by atoms with Crippen LogP contribution in [0.1, 0.15) is 5.48 Å². The van der Waals surface area contributed by atoms with Gasteiger partial charge in [0.05, 0.1) is 5.48 Å². The lowest BCUT2D eigenvalue weighted by atomic mass is 9.90. The van der Waals surface area contributed by atoms with E-state index in [-0.39, 0.29) is 29.7 Å². The SMILES string of the molecule is [2H]c1c([2H])c(-c2cccc3oc4c5ccccc5ccc4c23)c([2H])c([2H])c1-c1cc2ccccc2c2cc3ccccc3cc12. The van der Waals surface area contributed by atoms with E-state index in [0.29, 0.717) is 22.3 Å². The van der Waals surface area contributed by atoms with Gasteiger partial charge in [0.15, 0.2) is 0 Å². The summed E-state index contributed by atoms with van der Waals surface area (Å²) in [7, 11) is 0. The van der Waals surface area contributed by atoms with Crippen molar-refractivity contribution in [2.45, 2.75) is 0 Å². The van der Waals surface area contributed by atoms with Gasteiger partial charge in [0, 0.05) is 16.2 Å². The van der Waals surface area contributed by atoms with Crippen molar-refractivity contribution in [3.8, 4) is 22.3 Å². The molecule has 0 bridgehead atoms. The number of hydrogen-bond donors (Lipinski definition) is 0. The molecule has 0 radical (unpaired) electrons. The van der Waals surface area contributed by atoms with Crippen molar-refractivity contribution >= 4 is 65.0 Å². The summed E-state index contributed by atoms with van der Waals surface area (Å²) in [4.78, 5) is 0. The summed E-state index contributed by atoms with van der Waals surface area (Å²) >= 11 is 0. The third-order valence-corrected chi connectivity index (χ3v) is 8.28. The van der Waals surface area contributed by atoms with Gasteiger partial charge in [-0.2, -0.15) is 0 Å². The summed E-state index contributed by atoms with van der Waals surface area (Å²) in [6, 6.07) is 40.0. The Bertz CT molecular complexity index is 2680. The van der Waals surface area contributed by atoms with E-state index in [4.69, 9.17) is 4.42 Å². The van der Waals surface area contributed by atoms with Crippen molar-refractivity contribution in [2.24, 2.45) is 0 Å². The number of fused-ring (bicyclic) bond motifs is 9. The molecule has 0 saturated carbocycles. The van der Waals surface area contributed by atoms with Gasteiger partial charge in [-0.3, -0.25) is 0 Å². The van der Waals surface area contributed by atoms with Crippen LogP contribution in [0.3, 0.4) is 0 Å². The molecule has 0 N–H and O–H groups in total. The highest BCUT2D eigenvalue weighted by Gasteiger charge is 2.15. The first-order chi connectivity index (χ1) is 22.0. The van der Waals surface area contributed by atoms with E-state index in [0.717, 1.165) is 59.4 Å². The summed E-state index contributed by atoms with van der Waals surface area (Å²) in [5.41, 5.74) is 3.28. The van der Waals surface area contributed by atoms with Crippen LogP contribution in [0.4, 0.5) is 0 Å². The fraction of sp³-hybridized carbons (Fsp3) is 0. The van der Waals surface area contributed by atoms with Crippen LogP contribution in [-0.4, -0.2) is 0 Å². The van der Waals surface area contributed by atoms with E-state index in [1.165, 1.54) is 0 Å². The Kier molecular flexibility index (Phi) is 3.92. The van der Waals surface area contributed by atoms with Crippen LogP contribution in [0.15, 0.2) is 150 Å². The molecule has 0 aliphatic heterocycles. The molecule has 0 spiro atoms. The van der Waals surface area contributed by atoms with E-state index in [1.54, 1.807) is 0 Å². The number of rotatable bonds is 2.